The molecule has 1 aliphatic heterocycles. The molecule has 2 heterocycles. The number of anilines is 1. The average Bonchev–Trinajstić information content (AvgIpc) is 3.62. The molecule has 1 fully saturated rings. The highest BCUT2D eigenvalue weighted by Gasteiger charge is 2.41. The summed E-state index contributed by atoms with van der Waals surface area (Å²) >= 11 is 0. The molecule has 4 aromatic rings. The number of methoxy groups -OCH3 is 1. The Morgan fingerprint density at radius 1 is 0.977 bits per heavy atom. The number of aromatic nitrogens is 2. The topological polar surface area (TPSA) is 84.4 Å². The molecule has 0 saturated carbocycles. The standard InChI is InChI=1S/C19H21NO2.C17H23N3O/c1-14(2)22-16-10-8-15(9-11-16)17(12-13-20)18-6-4-5-7-19(18)21-3;1-12(2)15-18-16(19-21-15)20-10-14(17(3,4)11-20)13-8-6-5-7-9-13/h4-11,14,17H,12H2,1-3H3;5-9,12,14H,10-11H2,1-4H3. The maximum absolute atomic E-state index is 9.18. The van der Waals surface area contributed by atoms with Gasteiger partial charge in [0.1, 0.15) is 11.5 Å². The van der Waals surface area contributed by atoms with Crippen LogP contribution in [0.5, 0.6) is 11.5 Å². The van der Waals surface area contributed by atoms with Crippen molar-refractivity contribution in [2.45, 2.75) is 71.8 Å². The van der Waals surface area contributed by atoms with Gasteiger partial charge >= 0.3 is 0 Å². The summed E-state index contributed by atoms with van der Waals surface area (Å²) in [5.74, 6) is 3.84. The molecule has 1 aliphatic rings. The minimum absolute atomic E-state index is 0.00532. The number of hydrogen-bond donors (Lipinski definition) is 0. The van der Waals surface area contributed by atoms with Crippen LogP contribution in [0.1, 0.15) is 88.3 Å². The van der Waals surface area contributed by atoms with Crippen molar-refractivity contribution in [1.29, 1.82) is 5.26 Å². The lowest BCUT2D eigenvalue weighted by molar-refractivity contribution is 0.242. The predicted molar refractivity (Wildman–Crippen MR) is 171 cm³/mol. The Hall–Kier alpha value is -4.31. The number of benzene rings is 3. The molecular formula is C36H44N4O3. The van der Waals surface area contributed by atoms with Gasteiger partial charge in [0.05, 0.1) is 19.3 Å². The monoisotopic (exact) mass is 580 g/mol. The van der Waals surface area contributed by atoms with Crippen LogP contribution in [0, 0.1) is 16.7 Å². The van der Waals surface area contributed by atoms with Gasteiger partial charge in [-0.15, -0.1) is 0 Å². The van der Waals surface area contributed by atoms with E-state index in [1.165, 1.54) is 5.56 Å². The Labute approximate surface area is 256 Å². The van der Waals surface area contributed by atoms with Gasteiger partial charge < -0.3 is 18.9 Å². The van der Waals surface area contributed by atoms with E-state index in [1.54, 1.807) is 7.11 Å². The molecule has 0 amide bonds. The van der Waals surface area contributed by atoms with E-state index in [9.17, 15) is 5.26 Å². The van der Waals surface area contributed by atoms with Gasteiger partial charge in [0.25, 0.3) is 5.95 Å². The maximum Gasteiger partial charge on any atom is 0.266 e. The molecule has 3 aromatic carbocycles. The molecule has 226 valence electrons. The molecule has 7 nitrogen and oxygen atoms in total. The van der Waals surface area contributed by atoms with Gasteiger partial charge in [0.2, 0.25) is 5.89 Å². The second-order valence-corrected chi connectivity index (χ2v) is 12.3. The number of para-hydroxylation sites is 1. The summed E-state index contributed by atoms with van der Waals surface area (Å²) in [4.78, 5) is 6.78. The largest absolute Gasteiger partial charge is 0.496 e. The summed E-state index contributed by atoms with van der Waals surface area (Å²) in [6.07, 6.45) is 0.556. The fourth-order valence-corrected chi connectivity index (χ4v) is 5.62. The molecule has 7 heteroatoms. The Balaban J connectivity index is 0.000000197. The summed E-state index contributed by atoms with van der Waals surface area (Å²) in [6, 6.07) is 28.8. The van der Waals surface area contributed by atoms with Crippen molar-refractivity contribution in [3.8, 4) is 17.6 Å². The molecule has 5 rings (SSSR count). The third kappa shape index (κ3) is 7.95. The zero-order valence-corrected chi connectivity index (χ0v) is 26.4. The number of hydrogen-bond acceptors (Lipinski definition) is 7. The molecule has 2 atom stereocenters. The lowest BCUT2D eigenvalue weighted by Gasteiger charge is -2.25. The molecule has 0 radical (unpaired) electrons. The lowest BCUT2D eigenvalue weighted by Crippen LogP contribution is -2.24. The Morgan fingerprint density at radius 3 is 2.26 bits per heavy atom. The molecule has 2 unspecified atom stereocenters. The smallest absolute Gasteiger partial charge is 0.266 e. The van der Waals surface area contributed by atoms with E-state index in [2.05, 4.69) is 79.1 Å². The van der Waals surface area contributed by atoms with Gasteiger partial charge in [-0.1, -0.05) is 88.4 Å². The van der Waals surface area contributed by atoms with Crippen molar-refractivity contribution < 1.29 is 14.0 Å². The van der Waals surface area contributed by atoms with Crippen LogP contribution < -0.4 is 14.4 Å². The summed E-state index contributed by atoms with van der Waals surface area (Å²) < 4.78 is 16.5. The van der Waals surface area contributed by atoms with Crippen LogP contribution in [-0.2, 0) is 0 Å². The van der Waals surface area contributed by atoms with E-state index in [-0.39, 0.29) is 23.4 Å². The number of ether oxygens (including phenoxy) is 2. The van der Waals surface area contributed by atoms with Crippen molar-refractivity contribution in [2.75, 3.05) is 25.1 Å². The van der Waals surface area contributed by atoms with E-state index in [0.717, 1.165) is 41.7 Å². The van der Waals surface area contributed by atoms with E-state index in [0.29, 0.717) is 18.2 Å². The number of nitrogens with zero attached hydrogens (tertiary/aromatic N) is 4. The summed E-state index contributed by atoms with van der Waals surface area (Å²) in [7, 11) is 1.65. The van der Waals surface area contributed by atoms with Crippen LogP contribution >= 0.6 is 0 Å². The maximum atomic E-state index is 9.18. The highest BCUT2D eigenvalue weighted by Crippen LogP contribution is 2.43. The van der Waals surface area contributed by atoms with Gasteiger partial charge in [0, 0.05) is 42.8 Å². The molecule has 0 N–H and O–H groups in total. The van der Waals surface area contributed by atoms with Gasteiger partial charge in [-0.2, -0.15) is 10.2 Å². The van der Waals surface area contributed by atoms with Crippen LogP contribution in [0.15, 0.2) is 83.4 Å². The van der Waals surface area contributed by atoms with Gasteiger partial charge in [-0.05, 0) is 53.7 Å². The third-order valence-corrected chi connectivity index (χ3v) is 7.82. The first kappa shape index (κ1) is 31.6. The average molecular weight is 581 g/mol. The lowest BCUT2D eigenvalue weighted by atomic mass is 9.78. The molecule has 0 bridgehead atoms. The van der Waals surface area contributed by atoms with Crippen molar-refractivity contribution in [2.24, 2.45) is 5.41 Å². The Morgan fingerprint density at radius 2 is 1.65 bits per heavy atom. The molecule has 0 spiro atoms. The fourth-order valence-electron chi connectivity index (χ4n) is 5.62. The zero-order valence-electron chi connectivity index (χ0n) is 26.4. The van der Waals surface area contributed by atoms with Crippen LogP contribution in [0.3, 0.4) is 0 Å². The van der Waals surface area contributed by atoms with Crippen LogP contribution in [0.25, 0.3) is 0 Å². The minimum Gasteiger partial charge on any atom is -0.496 e. The molecule has 43 heavy (non-hydrogen) atoms. The van der Waals surface area contributed by atoms with Gasteiger partial charge in [-0.25, -0.2) is 0 Å². The molecule has 0 aliphatic carbocycles. The highest BCUT2D eigenvalue weighted by molar-refractivity contribution is 5.44. The first-order chi connectivity index (χ1) is 20.6. The van der Waals surface area contributed by atoms with E-state index >= 15 is 0 Å². The first-order valence-corrected chi connectivity index (χ1v) is 15.0. The zero-order chi connectivity index (χ0) is 31.0. The third-order valence-electron chi connectivity index (χ3n) is 7.82. The molecular weight excluding hydrogens is 536 g/mol. The van der Waals surface area contributed by atoms with Crippen LogP contribution in [0.4, 0.5) is 5.95 Å². The quantitative estimate of drug-likeness (QED) is 0.197. The van der Waals surface area contributed by atoms with E-state index < -0.39 is 0 Å². The van der Waals surface area contributed by atoms with Crippen molar-refractivity contribution in [1.82, 2.24) is 10.1 Å². The summed E-state index contributed by atoms with van der Waals surface area (Å²) in [6.45, 7) is 14.7. The van der Waals surface area contributed by atoms with E-state index in [1.807, 2.05) is 62.4 Å². The second-order valence-electron chi connectivity index (χ2n) is 12.3. The van der Waals surface area contributed by atoms with Crippen molar-refractivity contribution in [3.63, 3.8) is 0 Å². The Kier molecular flexibility index (Phi) is 10.5. The van der Waals surface area contributed by atoms with Crippen LogP contribution in [-0.4, -0.2) is 36.4 Å². The first-order valence-electron chi connectivity index (χ1n) is 15.0. The normalized spacial score (nSPS) is 16.4. The number of rotatable bonds is 9. The van der Waals surface area contributed by atoms with Gasteiger partial charge in [-0.3, -0.25) is 0 Å². The molecule has 1 saturated heterocycles. The van der Waals surface area contributed by atoms with Crippen molar-refractivity contribution in [3.05, 3.63) is 101 Å². The highest BCUT2D eigenvalue weighted by atomic mass is 16.5. The van der Waals surface area contributed by atoms with Crippen molar-refractivity contribution >= 4 is 5.95 Å². The number of nitriles is 1. The molecule has 1 aromatic heterocycles. The second kappa shape index (κ2) is 14.2. The van der Waals surface area contributed by atoms with Crippen LogP contribution in [0.2, 0.25) is 0 Å². The minimum atomic E-state index is -0.00532. The Bertz CT molecular complexity index is 1470. The summed E-state index contributed by atoms with van der Waals surface area (Å²) in [5.41, 5.74) is 3.70. The van der Waals surface area contributed by atoms with E-state index in [4.69, 9.17) is 14.0 Å². The summed E-state index contributed by atoms with van der Waals surface area (Å²) in [5, 5.41) is 13.3. The SMILES string of the molecule is CC(C)c1nc(N2CC(c3ccccc3)C(C)(C)C2)no1.COc1ccccc1C(CC#N)c1ccc(OC(C)C)cc1. The fraction of sp³-hybridized carbons (Fsp3) is 0.417. The van der Waals surface area contributed by atoms with Gasteiger partial charge in [0.15, 0.2) is 0 Å². The predicted octanol–water partition coefficient (Wildman–Crippen LogP) is 8.35.